The van der Waals surface area contributed by atoms with Crippen LogP contribution in [0.5, 0.6) is 0 Å². The molecule has 2 nitrogen and oxygen atoms in total. The highest BCUT2D eigenvalue weighted by Gasteiger charge is 2.48. The van der Waals surface area contributed by atoms with E-state index in [2.05, 4.69) is 26.8 Å². The molecule has 0 amide bonds. The monoisotopic (exact) mass is 209 g/mol. The Balaban J connectivity index is 2.97. The minimum atomic E-state index is -0.773. The van der Waals surface area contributed by atoms with E-state index in [0.29, 0.717) is 0 Å². The number of rotatable bonds is 1. The maximum absolute atomic E-state index is 10.7. The Morgan fingerprint density at radius 2 is 2.00 bits per heavy atom. The van der Waals surface area contributed by atoms with Gasteiger partial charge in [-0.2, -0.15) is 5.26 Å². The van der Waals surface area contributed by atoms with Crippen molar-refractivity contribution in [1.29, 1.82) is 5.26 Å². The molecule has 1 aliphatic rings. The molecule has 0 aliphatic heterocycles. The van der Waals surface area contributed by atoms with Gasteiger partial charge in [0, 0.05) is 0 Å². The fourth-order valence-electron chi connectivity index (χ4n) is 2.99. The standard InChI is InChI=1S/C13H23NO/c1-10(9-14)13(15)8-6-5-7-11(13)12(2,3)4/h10-11,15H,5-8H2,1-4H3. The van der Waals surface area contributed by atoms with Gasteiger partial charge in [-0.25, -0.2) is 0 Å². The number of hydrogen-bond acceptors (Lipinski definition) is 2. The summed E-state index contributed by atoms with van der Waals surface area (Å²) in [4.78, 5) is 0. The smallest absolute Gasteiger partial charge is 0.0835 e. The van der Waals surface area contributed by atoms with Crippen LogP contribution < -0.4 is 0 Å². The minimum absolute atomic E-state index is 0.0836. The van der Waals surface area contributed by atoms with E-state index in [4.69, 9.17) is 5.26 Å². The van der Waals surface area contributed by atoms with Gasteiger partial charge in [-0.15, -0.1) is 0 Å². The van der Waals surface area contributed by atoms with Crippen LogP contribution in [-0.4, -0.2) is 10.7 Å². The quantitative estimate of drug-likeness (QED) is 0.721. The first kappa shape index (κ1) is 12.5. The van der Waals surface area contributed by atoms with E-state index in [0.717, 1.165) is 19.3 Å². The van der Waals surface area contributed by atoms with Crippen molar-refractivity contribution in [3.8, 4) is 6.07 Å². The van der Waals surface area contributed by atoms with Crippen molar-refractivity contribution in [3.63, 3.8) is 0 Å². The third-order valence-electron chi connectivity index (χ3n) is 3.91. The Morgan fingerprint density at radius 1 is 1.40 bits per heavy atom. The molecule has 1 rings (SSSR count). The SMILES string of the molecule is CC(C#N)C1(O)CCCCC1C(C)(C)C. The van der Waals surface area contributed by atoms with E-state index in [1.165, 1.54) is 6.42 Å². The molecule has 0 aromatic carbocycles. The Bertz CT molecular complexity index is 261. The molecular formula is C13H23NO. The topological polar surface area (TPSA) is 44.0 Å². The number of aliphatic hydroxyl groups is 1. The van der Waals surface area contributed by atoms with Crippen LogP contribution in [0.4, 0.5) is 0 Å². The van der Waals surface area contributed by atoms with Crippen LogP contribution in [0.3, 0.4) is 0 Å². The van der Waals surface area contributed by atoms with Crippen molar-refractivity contribution in [2.45, 2.75) is 59.0 Å². The van der Waals surface area contributed by atoms with Crippen molar-refractivity contribution in [2.24, 2.45) is 17.3 Å². The first-order chi connectivity index (χ1) is 6.82. The molecular weight excluding hydrogens is 186 g/mol. The van der Waals surface area contributed by atoms with Gasteiger partial charge in [0.15, 0.2) is 0 Å². The van der Waals surface area contributed by atoms with Crippen molar-refractivity contribution in [2.75, 3.05) is 0 Å². The van der Waals surface area contributed by atoms with Gasteiger partial charge in [-0.05, 0) is 31.1 Å². The van der Waals surface area contributed by atoms with E-state index in [-0.39, 0.29) is 17.3 Å². The molecule has 86 valence electrons. The average molecular weight is 209 g/mol. The van der Waals surface area contributed by atoms with Crippen LogP contribution in [0.1, 0.15) is 53.4 Å². The molecule has 0 bridgehead atoms. The highest BCUT2D eigenvalue weighted by atomic mass is 16.3. The second-order valence-electron chi connectivity index (χ2n) is 6.01. The maximum Gasteiger partial charge on any atom is 0.0835 e. The number of nitriles is 1. The number of nitrogens with zero attached hydrogens (tertiary/aromatic N) is 1. The van der Waals surface area contributed by atoms with Crippen molar-refractivity contribution in [1.82, 2.24) is 0 Å². The summed E-state index contributed by atoms with van der Waals surface area (Å²) < 4.78 is 0. The first-order valence-corrected chi connectivity index (χ1v) is 5.94. The van der Waals surface area contributed by atoms with Crippen LogP contribution in [0.25, 0.3) is 0 Å². The van der Waals surface area contributed by atoms with E-state index in [9.17, 15) is 5.11 Å². The van der Waals surface area contributed by atoms with E-state index < -0.39 is 5.60 Å². The van der Waals surface area contributed by atoms with Crippen LogP contribution in [0, 0.1) is 28.6 Å². The highest BCUT2D eigenvalue weighted by Crippen LogP contribution is 2.47. The van der Waals surface area contributed by atoms with Gasteiger partial charge in [0.1, 0.15) is 0 Å². The van der Waals surface area contributed by atoms with Crippen LogP contribution in [-0.2, 0) is 0 Å². The Labute approximate surface area is 93.3 Å². The lowest BCUT2D eigenvalue weighted by atomic mass is 9.60. The van der Waals surface area contributed by atoms with Gasteiger partial charge >= 0.3 is 0 Å². The largest absolute Gasteiger partial charge is 0.388 e. The Hall–Kier alpha value is -0.550. The van der Waals surface area contributed by atoms with Crippen LogP contribution >= 0.6 is 0 Å². The zero-order valence-electron chi connectivity index (χ0n) is 10.4. The number of hydrogen-bond donors (Lipinski definition) is 1. The lowest BCUT2D eigenvalue weighted by Gasteiger charge is -2.48. The second kappa shape index (κ2) is 4.14. The summed E-state index contributed by atoms with van der Waals surface area (Å²) in [5.41, 5.74) is -0.689. The van der Waals surface area contributed by atoms with Crippen molar-refractivity contribution >= 4 is 0 Å². The molecule has 0 spiro atoms. The van der Waals surface area contributed by atoms with Gasteiger partial charge in [-0.3, -0.25) is 0 Å². The fraction of sp³-hybridized carbons (Fsp3) is 0.923. The average Bonchev–Trinajstić information content (AvgIpc) is 2.15. The summed E-state index contributed by atoms with van der Waals surface area (Å²) in [6.07, 6.45) is 4.06. The summed E-state index contributed by atoms with van der Waals surface area (Å²) >= 11 is 0. The van der Waals surface area contributed by atoms with Gasteiger partial charge < -0.3 is 5.11 Å². The van der Waals surface area contributed by atoms with Crippen molar-refractivity contribution in [3.05, 3.63) is 0 Å². The molecule has 3 unspecified atom stereocenters. The predicted octanol–water partition coefficient (Wildman–Crippen LogP) is 3.11. The Morgan fingerprint density at radius 3 is 2.47 bits per heavy atom. The second-order valence-corrected chi connectivity index (χ2v) is 6.01. The van der Waals surface area contributed by atoms with Crippen LogP contribution in [0.2, 0.25) is 0 Å². The normalized spacial score (nSPS) is 34.5. The summed E-state index contributed by atoms with van der Waals surface area (Å²) in [5, 5.41) is 19.7. The molecule has 0 saturated heterocycles. The zero-order chi connectivity index (χ0) is 11.7. The molecule has 0 aromatic heterocycles. The van der Waals surface area contributed by atoms with E-state index >= 15 is 0 Å². The first-order valence-electron chi connectivity index (χ1n) is 5.94. The third-order valence-corrected chi connectivity index (χ3v) is 3.91. The molecule has 0 aromatic rings. The van der Waals surface area contributed by atoms with E-state index in [1.54, 1.807) is 0 Å². The zero-order valence-corrected chi connectivity index (χ0v) is 10.4. The van der Waals surface area contributed by atoms with Crippen molar-refractivity contribution < 1.29 is 5.11 Å². The maximum atomic E-state index is 10.7. The third kappa shape index (κ3) is 2.34. The van der Waals surface area contributed by atoms with Gasteiger partial charge in [0.2, 0.25) is 0 Å². The molecule has 1 fully saturated rings. The minimum Gasteiger partial charge on any atom is -0.388 e. The summed E-state index contributed by atoms with van der Waals surface area (Å²) in [6.45, 7) is 8.35. The van der Waals surface area contributed by atoms with Gasteiger partial charge in [0.25, 0.3) is 0 Å². The molecule has 3 atom stereocenters. The summed E-state index contributed by atoms with van der Waals surface area (Å²) in [7, 11) is 0. The summed E-state index contributed by atoms with van der Waals surface area (Å²) in [6, 6.07) is 2.23. The molecule has 0 heterocycles. The fourth-order valence-corrected chi connectivity index (χ4v) is 2.99. The predicted molar refractivity (Wildman–Crippen MR) is 61.1 cm³/mol. The molecule has 15 heavy (non-hydrogen) atoms. The van der Waals surface area contributed by atoms with E-state index in [1.807, 2.05) is 6.92 Å². The lowest BCUT2D eigenvalue weighted by Crippen LogP contribution is -2.50. The summed E-state index contributed by atoms with van der Waals surface area (Å²) in [5.74, 6) is -0.0181. The molecule has 1 aliphatic carbocycles. The Kier molecular flexibility index (Phi) is 3.45. The van der Waals surface area contributed by atoms with Gasteiger partial charge in [0.05, 0.1) is 17.6 Å². The van der Waals surface area contributed by atoms with Crippen LogP contribution in [0.15, 0.2) is 0 Å². The lowest BCUT2D eigenvalue weighted by molar-refractivity contribution is -0.111. The highest BCUT2D eigenvalue weighted by molar-refractivity contribution is 5.04. The molecule has 1 saturated carbocycles. The van der Waals surface area contributed by atoms with Gasteiger partial charge in [-0.1, -0.05) is 33.6 Å². The molecule has 0 radical (unpaired) electrons. The molecule has 1 N–H and O–H groups in total. The molecule has 2 heteroatoms.